The lowest BCUT2D eigenvalue weighted by atomic mass is 9.69. The summed E-state index contributed by atoms with van der Waals surface area (Å²) in [7, 11) is 3.81. The van der Waals surface area contributed by atoms with Crippen LogP contribution in [0.5, 0.6) is 5.88 Å². The van der Waals surface area contributed by atoms with E-state index in [0.717, 1.165) is 37.2 Å². The van der Waals surface area contributed by atoms with Gasteiger partial charge in [-0.3, -0.25) is 5.32 Å². The van der Waals surface area contributed by atoms with Crippen LogP contribution in [0, 0.1) is 12.8 Å². The van der Waals surface area contributed by atoms with Gasteiger partial charge in [0, 0.05) is 18.9 Å². The second kappa shape index (κ2) is 12.8. The first-order valence-corrected chi connectivity index (χ1v) is 13.9. The molecule has 3 aromatic rings. The molecular weight excluding hydrogens is 506 g/mol. The Morgan fingerprint density at radius 3 is 2.42 bits per heavy atom. The summed E-state index contributed by atoms with van der Waals surface area (Å²) in [5.74, 6) is 1.61. The summed E-state index contributed by atoms with van der Waals surface area (Å²) in [6, 6.07) is 17.3. The van der Waals surface area contributed by atoms with Crippen LogP contribution >= 0.6 is 0 Å². The number of anilines is 1. The minimum absolute atomic E-state index is 0.118. The second-order valence-electron chi connectivity index (χ2n) is 11.4. The van der Waals surface area contributed by atoms with E-state index in [4.69, 9.17) is 15.2 Å². The SMILES string of the molecule is COC1C(O)Cc2ccccc2C1(C)C.Cc1c(OCC2CCN(C)CC2)nn(-c2ccccc2)c1NC(N)=O. The van der Waals surface area contributed by atoms with E-state index in [9.17, 15) is 9.90 Å². The fourth-order valence-electron chi connectivity index (χ4n) is 5.80. The number of para-hydroxylation sites is 1. The largest absolute Gasteiger partial charge is 0.476 e. The number of nitrogens with zero attached hydrogens (tertiary/aromatic N) is 3. The number of benzene rings is 2. The molecule has 2 aromatic carbocycles. The zero-order chi connectivity index (χ0) is 28.9. The first-order chi connectivity index (χ1) is 19.1. The maximum Gasteiger partial charge on any atom is 0.317 e. The molecule has 5 rings (SSSR count). The van der Waals surface area contributed by atoms with Gasteiger partial charge in [-0.1, -0.05) is 56.3 Å². The van der Waals surface area contributed by atoms with Crippen LogP contribution in [-0.4, -0.2) is 71.9 Å². The zero-order valence-electron chi connectivity index (χ0n) is 24.3. The highest BCUT2D eigenvalue weighted by Crippen LogP contribution is 2.38. The van der Waals surface area contributed by atoms with Crippen LogP contribution < -0.4 is 15.8 Å². The predicted molar refractivity (Wildman–Crippen MR) is 157 cm³/mol. The summed E-state index contributed by atoms with van der Waals surface area (Å²) < 4.78 is 13.1. The molecule has 0 radical (unpaired) electrons. The molecule has 1 aliphatic carbocycles. The van der Waals surface area contributed by atoms with Crippen molar-refractivity contribution in [1.82, 2.24) is 14.7 Å². The number of aliphatic hydroxyl groups is 1. The second-order valence-corrected chi connectivity index (χ2v) is 11.4. The van der Waals surface area contributed by atoms with Crippen LogP contribution in [0.15, 0.2) is 54.6 Å². The quantitative estimate of drug-likeness (QED) is 0.423. The molecule has 2 heterocycles. The van der Waals surface area contributed by atoms with Gasteiger partial charge in [-0.2, -0.15) is 0 Å². The van der Waals surface area contributed by atoms with Gasteiger partial charge < -0.3 is 25.2 Å². The highest BCUT2D eigenvalue weighted by molar-refractivity contribution is 5.88. The van der Waals surface area contributed by atoms with E-state index < -0.39 is 12.1 Å². The van der Waals surface area contributed by atoms with Gasteiger partial charge >= 0.3 is 6.03 Å². The Kier molecular flexibility index (Phi) is 9.50. The number of urea groups is 1. The maximum atomic E-state index is 11.4. The summed E-state index contributed by atoms with van der Waals surface area (Å²) in [5, 5.41) is 17.2. The number of carbonyl (C=O) groups excluding carboxylic acids is 1. The summed E-state index contributed by atoms with van der Waals surface area (Å²) in [6.07, 6.45) is 2.42. The molecule has 0 bridgehead atoms. The minimum Gasteiger partial charge on any atom is -0.476 e. The first kappa shape index (κ1) is 29.6. The molecule has 9 heteroatoms. The van der Waals surface area contributed by atoms with Crippen molar-refractivity contribution in [3.63, 3.8) is 0 Å². The Morgan fingerprint density at radius 1 is 1.12 bits per heavy atom. The van der Waals surface area contributed by atoms with Crippen molar-refractivity contribution < 1.29 is 19.4 Å². The van der Waals surface area contributed by atoms with Crippen molar-refractivity contribution in [2.45, 2.75) is 57.7 Å². The average molecular weight is 550 g/mol. The van der Waals surface area contributed by atoms with Crippen LogP contribution in [-0.2, 0) is 16.6 Å². The number of methoxy groups -OCH3 is 1. The van der Waals surface area contributed by atoms with E-state index in [1.54, 1.807) is 11.8 Å². The normalized spacial score (nSPS) is 20.6. The van der Waals surface area contributed by atoms with Crippen LogP contribution in [0.2, 0.25) is 0 Å². The van der Waals surface area contributed by atoms with Gasteiger partial charge in [0.2, 0.25) is 5.88 Å². The lowest BCUT2D eigenvalue weighted by Gasteiger charge is -2.42. The van der Waals surface area contributed by atoms with Gasteiger partial charge in [0.25, 0.3) is 0 Å². The fourth-order valence-corrected chi connectivity index (χ4v) is 5.80. The van der Waals surface area contributed by atoms with Crippen LogP contribution in [0.25, 0.3) is 5.69 Å². The molecule has 0 saturated carbocycles. The summed E-state index contributed by atoms with van der Waals surface area (Å²) in [6.45, 7) is 8.96. The lowest BCUT2D eigenvalue weighted by Crippen LogP contribution is -2.49. The van der Waals surface area contributed by atoms with Crippen molar-refractivity contribution in [2.24, 2.45) is 11.7 Å². The molecule has 1 aromatic heterocycles. The molecule has 2 aliphatic rings. The Balaban J connectivity index is 0.000000210. The van der Waals surface area contributed by atoms with Crippen LogP contribution in [0.1, 0.15) is 43.4 Å². The average Bonchev–Trinajstić information content (AvgIpc) is 3.23. The van der Waals surface area contributed by atoms with Crippen molar-refractivity contribution in [2.75, 3.05) is 39.2 Å². The van der Waals surface area contributed by atoms with E-state index in [2.05, 4.69) is 48.3 Å². The van der Waals surface area contributed by atoms with E-state index >= 15 is 0 Å². The number of ether oxygens (including phenoxy) is 2. The van der Waals surface area contributed by atoms with Crippen molar-refractivity contribution in [3.05, 3.63) is 71.3 Å². The first-order valence-electron chi connectivity index (χ1n) is 13.9. The number of fused-ring (bicyclic) bond motifs is 1. The van der Waals surface area contributed by atoms with Gasteiger partial charge in [-0.05, 0) is 69.1 Å². The highest BCUT2D eigenvalue weighted by atomic mass is 16.5. The molecule has 40 heavy (non-hydrogen) atoms. The number of hydrogen-bond donors (Lipinski definition) is 3. The number of hydrogen-bond acceptors (Lipinski definition) is 6. The molecular formula is C31H43N5O4. The van der Waals surface area contributed by atoms with Crippen LogP contribution in [0.4, 0.5) is 10.6 Å². The molecule has 0 spiro atoms. The van der Waals surface area contributed by atoms with Gasteiger partial charge in [0.05, 0.1) is 30.1 Å². The van der Waals surface area contributed by atoms with Crippen molar-refractivity contribution in [3.8, 4) is 11.6 Å². The number of likely N-dealkylation sites (tertiary alicyclic amines) is 1. The number of rotatable bonds is 6. The van der Waals surface area contributed by atoms with Crippen molar-refractivity contribution in [1.29, 1.82) is 0 Å². The van der Waals surface area contributed by atoms with Crippen LogP contribution in [0.3, 0.4) is 0 Å². The smallest absolute Gasteiger partial charge is 0.317 e. The highest BCUT2D eigenvalue weighted by Gasteiger charge is 2.41. The van der Waals surface area contributed by atoms with Gasteiger partial charge in [0.15, 0.2) is 0 Å². The number of amides is 2. The predicted octanol–water partition coefficient (Wildman–Crippen LogP) is 4.29. The topological polar surface area (TPSA) is 115 Å². The third-order valence-corrected chi connectivity index (χ3v) is 8.07. The number of aliphatic hydroxyl groups excluding tert-OH is 1. The fraction of sp³-hybridized carbons (Fsp3) is 0.484. The Hall–Kier alpha value is -3.40. The Bertz CT molecular complexity index is 1270. The minimum atomic E-state index is -0.623. The number of nitrogens with one attached hydrogen (secondary N) is 1. The van der Waals surface area contributed by atoms with Gasteiger partial charge in [-0.15, -0.1) is 5.10 Å². The maximum absolute atomic E-state index is 11.4. The third-order valence-electron chi connectivity index (χ3n) is 8.07. The summed E-state index contributed by atoms with van der Waals surface area (Å²) in [5.41, 5.74) is 9.34. The van der Waals surface area contributed by atoms with E-state index in [1.807, 2.05) is 49.4 Å². The summed E-state index contributed by atoms with van der Waals surface area (Å²) >= 11 is 0. The molecule has 1 aliphatic heterocycles. The molecule has 216 valence electrons. The van der Waals surface area contributed by atoms with E-state index in [-0.39, 0.29) is 11.5 Å². The Labute approximate surface area is 237 Å². The number of aromatic nitrogens is 2. The van der Waals surface area contributed by atoms with Crippen molar-refractivity contribution >= 4 is 11.8 Å². The lowest BCUT2D eigenvalue weighted by molar-refractivity contribution is -0.0571. The molecule has 2 atom stereocenters. The number of piperidine rings is 1. The van der Waals surface area contributed by atoms with Gasteiger partial charge in [0.1, 0.15) is 5.82 Å². The van der Waals surface area contributed by atoms with Gasteiger partial charge in [-0.25, -0.2) is 9.48 Å². The number of carbonyl (C=O) groups is 1. The van der Waals surface area contributed by atoms with E-state index in [1.165, 1.54) is 11.1 Å². The Morgan fingerprint density at radius 2 is 1.77 bits per heavy atom. The molecule has 1 saturated heterocycles. The zero-order valence-corrected chi connectivity index (χ0v) is 24.3. The molecule has 2 unspecified atom stereocenters. The van der Waals surface area contributed by atoms with E-state index in [0.29, 0.717) is 30.6 Å². The molecule has 1 fully saturated rings. The third kappa shape index (κ3) is 6.66. The summed E-state index contributed by atoms with van der Waals surface area (Å²) in [4.78, 5) is 13.7. The molecule has 4 N–H and O–H groups in total. The molecule has 2 amide bonds. The standard InChI is InChI=1S/C18H25N5O2.C13H18O2/c1-13-16(20-18(19)24)23(15-6-4-3-5-7-15)21-17(13)25-12-14-8-10-22(2)11-9-14;1-13(2)10-7-5-4-6-9(10)8-11(14)12(13)15-3/h3-7,14H,8-12H2,1-2H3,(H3,19,20,24);4-7,11-12,14H,8H2,1-3H3. The number of primary amides is 1. The molecule has 9 nitrogen and oxygen atoms in total. The monoisotopic (exact) mass is 549 g/mol. The number of nitrogens with two attached hydrogens (primary N) is 1.